The summed E-state index contributed by atoms with van der Waals surface area (Å²) < 4.78 is 1.81. The van der Waals surface area contributed by atoms with Gasteiger partial charge in [0.05, 0.1) is 23.1 Å². The van der Waals surface area contributed by atoms with Gasteiger partial charge >= 0.3 is 6.09 Å². The van der Waals surface area contributed by atoms with Gasteiger partial charge in [0, 0.05) is 49.0 Å². The Hall–Kier alpha value is -3.95. The molecule has 4 heterocycles. The summed E-state index contributed by atoms with van der Waals surface area (Å²) in [5.41, 5.74) is 3.53. The summed E-state index contributed by atoms with van der Waals surface area (Å²) in [6.45, 7) is 6.99. The molecule has 1 fully saturated rings. The number of amides is 1. The number of benzene rings is 1. The van der Waals surface area contributed by atoms with Crippen molar-refractivity contribution >= 4 is 22.8 Å². The summed E-state index contributed by atoms with van der Waals surface area (Å²) in [6.07, 6.45) is 6.96. The largest absolute Gasteiger partial charge is 0.465 e. The fourth-order valence-corrected chi connectivity index (χ4v) is 5.22. The standard InChI is InChI=1S/C26H32N8O2/c1-26(2,3)15-18-14-17(10-13-33(18)25(35)36)32(4)23-9-7-21(29-30-23)19-6-8-22(34-12-5-11-28-34)20-16-27-31-24(19)20/h5-9,11-12,16-18H,10,13-15H2,1-4H3,(H,27,31)(H,35,36)/t17-,18+/m0/s1. The van der Waals surface area contributed by atoms with E-state index in [-0.39, 0.29) is 17.5 Å². The van der Waals surface area contributed by atoms with Gasteiger partial charge in [-0.25, -0.2) is 9.48 Å². The molecule has 10 nitrogen and oxygen atoms in total. The number of piperidine rings is 1. The molecule has 3 aromatic heterocycles. The fraction of sp³-hybridized carbons (Fsp3) is 0.423. The minimum absolute atomic E-state index is 0.0158. The quantitative estimate of drug-likeness (QED) is 0.422. The molecule has 4 aromatic rings. The number of H-pyrrole nitrogens is 1. The van der Waals surface area contributed by atoms with E-state index in [1.807, 2.05) is 48.3 Å². The number of likely N-dealkylation sites (tertiary alicyclic amines) is 1. The molecule has 36 heavy (non-hydrogen) atoms. The summed E-state index contributed by atoms with van der Waals surface area (Å²) in [6, 6.07) is 10.0. The Morgan fingerprint density at radius 2 is 2.06 bits per heavy atom. The average Bonchev–Trinajstić information content (AvgIpc) is 3.54. The van der Waals surface area contributed by atoms with Crippen molar-refractivity contribution < 1.29 is 9.90 Å². The number of anilines is 1. The molecule has 1 aliphatic heterocycles. The lowest BCUT2D eigenvalue weighted by atomic mass is 9.83. The van der Waals surface area contributed by atoms with Gasteiger partial charge in [0.2, 0.25) is 0 Å². The third-order valence-corrected chi connectivity index (χ3v) is 6.96. The first kappa shape index (κ1) is 23.8. The summed E-state index contributed by atoms with van der Waals surface area (Å²) in [7, 11) is 2.02. The van der Waals surface area contributed by atoms with Gasteiger partial charge in [0.15, 0.2) is 5.82 Å². The van der Waals surface area contributed by atoms with Gasteiger partial charge in [-0.15, -0.1) is 10.2 Å². The Morgan fingerprint density at radius 3 is 2.72 bits per heavy atom. The van der Waals surface area contributed by atoms with Crippen LogP contribution in [0.3, 0.4) is 0 Å². The number of aromatic amines is 1. The minimum Gasteiger partial charge on any atom is -0.465 e. The van der Waals surface area contributed by atoms with Crippen molar-refractivity contribution in [2.24, 2.45) is 5.41 Å². The molecular weight excluding hydrogens is 456 g/mol. The van der Waals surface area contributed by atoms with Crippen molar-refractivity contribution in [1.82, 2.24) is 35.1 Å². The zero-order valence-corrected chi connectivity index (χ0v) is 21.1. The van der Waals surface area contributed by atoms with Crippen LogP contribution in [-0.4, -0.2) is 72.0 Å². The molecule has 0 radical (unpaired) electrons. The Balaban J connectivity index is 1.37. The van der Waals surface area contributed by atoms with Crippen molar-refractivity contribution in [2.45, 2.75) is 52.1 Å². The number of carboxylic acid groups (broad SMARTS) is 1. The molecular formula is C26H32N8O2. The Morgan fingerprint density at radius 1 is 1.22 bits per heavy atom. The number of fused-ring (bicyclic) bond motifs is 1. The number of aromatic nitrogens is 6. The van der Waals surface area contributed by atoms with Crippen LogP contribution in [0.4, 0.5) is 10.6 Å². The van der Waals surface area contributed by atoms with E-state index in [1.54, 1.807) is 17.3 Å². The number of rotatable bonds is 5. The number of carbonyl (C=O) groups is 1. The Labute approximate surface area is 209 Å². The van der Waals surface area contributed by atoms with E-state index in [4.69, 9.17) is 0 Å². The van der Waals surface area contributed by atoms with E-state index in [1.165, 1.54) is 0 Å². The van der Waals surface area contributed by atoms with E-state index < -0.39 is 6.09 Å². The second-order valence-electron chi connectivity index (χ2n) is 10.7. The molecule has 10 heteroatoms. The Kier molecular flexibility index (Phi) is 6.11. The van der Waals surface area contributed by atoms with Gasteiger partial charge in [0.25, 0.3) is 0 Å². The highest BCUT2D eigenvalue weighted by molar-refractivity contribution is 5.97. The van der Waals surface area contributed by atoms with Crippen molar-refractivity contribution in [3.05, 3.63) is 48.9 Å². The summed E-state index contributed by atoms with van der Waals surface area (Å²) >= 11 is 0. The highest BCUT2D eigenvalue weighted by atomic mass is 16.4. The molecule has 1 saturated heterocycles. The molecule has 2 atom stereocenters. The topological polar surface area (TPSA) is 116 Å². The molecule has 0 spiro atoms. The predicted molar refractivity (Wildman–Crippen MR) is 138 cm³/mol. The molecule has 0 unspecified atom stereocenters. The molecule has 1 aliphatic rings. The highest BCUT2D eigenvalue weighted by Gasteiger charge is 2.35. The van der Waals surface area contributed by atoms with Crippen molar-refractivity contribution in [3.63, 3.8) is 0 Å². The summed E-state index contributed by atoms with van der Waals surface area (Å²) in [4.78, 5) is 15.6. The van der Waals surface area contributed by atoms with Crippen LogP contribution in [0.5, 0.6) is 0 Å². The normalized spacial score (nSPS) is 18.5. The van der Waals surface area contributed by atoms with Gasteiger partial charge in [-0.3, -0.25) is 5.10 Å². The first-order valence-corrected chi connectivity index (χ1v) is 12.2. The molecule has 0 aliphatic carbocycles. The molecule has 188 valence electrons. The summed E-state index contributed by atoms with van der Waals surface area (Å²) in [5.74, 6) is 0.774. The van der Waals surface area contributed by atoms with Crippen molar-refractivity contribution in [3.8, 4) is 16.9 Å². The lowest BCUT2D eigenvalue weighted by Gasteiger charge is -2.43. The second-order valence-corrected chi connectivity index (χ2v) is 10.7. The van der Waals surface area contributed by atoms with E-state index in [2.05, 4.69) is 51.2 Å². The molecule has 1 aromatic carbocycles. The first-order valence-electron chi connectivity index (χ1n) is 12.2. The van der Waals surface area contributed by atoms with Crippen LogP contribution in [-0.2, 0) is 0 Å². The zero-order chi connectivity index (χ0) is 25.4. The van der Waals surface area contributed by atoms with Gasteiger partial charge in [-0.2, -0.15) is 10.2 Å². The lowest BCUT2D eigenvalue weighted by Crippen LogP contribution is -2.52. The average molecular weight is 489 g/mol. The van der Waals surface area contributed by atoms with Crippen molar-refractivity contribution in [2.75, 3.05) is 18.5 Å². The van der Waals surface area contributed by atoms with Crippen LogP contribution in [0.1, 0.15) is 40.0 Å². The number of nitrogens with one attached hydrogen (secondary N) is 1. The second kappa shape index (κ2) is 9.25. The van der Waals surface area contributed by atoms with Gasteiger partial charge < -0.3 is 14.9 Å². The van der Waals surface area contributed by atoms with E-state index in [9.17, 15) is 9.90 Å². The molecule has 1 amide bonds. The van der Waals surface area contributed by atoms with Crippen LogP contribution >= 0.6 is 0 Å². The third-order valence-electron chi connectivity index (χ3n) is 6.96. The van der Waals surface area contributed by atoms with Gasteiger partial charge in [0.1, 0.15) is 0 Å². The number of nitrogens with zero attached hydrogens (tertiary/aromatic N) is 7. The van der Waals surface area contributed by atoms with Gasteiger partial charge in [-0.1, -0.05) is 20.8 Å². The molecule has 0 saturated carbocycles. The first-order chi connectivity index (χ1) is 17.2. The smallest absolute Gasteiger partial charge is 0.407 e. The molecule has 2 N–H and O–H groups in total. The van der Waals surface area contributed by atoms with Crippen molar-refractivity contribution in [1.29, 1.82) is 0 Å². The molecule has 0 bridgehead atoms. The maximum Gasteiger partial charge on any atom is 0.407 e. The van der Waals surface area contributed by atoms with Crippen LogP contribution in [0.15, 0.2) is 48.9 Å². The van der Waals surface area contributed by atoms with E-state index in [0.717, 1.165) is 52.9 Å². The highest BCUT2D eigenvalue weighted by Crippen LogP contribution is 2.33. The Bertz CT molecular complexity index is 1340. The monoisotopic (exact) mass is 488 g/mol. The van der Waals surface area contributed by atoms with Crippen LogP contribution < -0.4 is 4.90 Å². The number of hydrogen-bond donors (Lipinski definition) is 2. The van der Waals surface area contributed by atoms with Crippen LogP contribution in [0, 0.1) is 5.41 Å². The van der Waals surface area contributed by atoms with E-state index >= 15 is 0 Å². The third kappa shape index (κ3) is 4.62. The minimum atomic E-state index is -0.835. The fourth-order valence-electron chi connectivity index (χ4n) is 5.22. The van der Waals surface area contributed by atoms with Gasteiger partial charge in [-0.05, 0) is 55.0 Å². The lowest BCUT2D eigenvalue weighted by molar-refractivity contribution is 0.0831. The van der Waals surface area contributed by atoms with E-state index in [0.29, 0.717) is 6.54 Å². The molecule has 5 rings (SSSR count). The number of hydrogen-bond acceptors (Lipinski definition) is 6. The summed E-state index contributed by atoms with van der Waals surface area (Å²) in [5, 5.41) is 31.4. The predicted octanol–water partition coefficient (Wildman–Crippen LogP) is 4.59. The zero-order valence-electron chi connectivity index (χ0n) is 21.1. The maximum atomic E-state index is 11.8. The van der Waals surface area contributed by atoms with Crippen LogP contribution in [0.25, 0.3) is 27.8 Å². The maximum absolute atomic E-state index is 11.8. The SMILES string of the molecule is CN(c1ccc(-c2ccc(-n3cccn3)c3cn[nH]c23)nn1)[C@H]1CCN(C(=O)O)[C@@H](CC(C)(C)C)C1. The van der Waals surface area contributed by atoms with Crippen LogP contribution in [0.2, 0.25) is 0 Å².